The van der Waals surface area contributed by atoms with Crippen LogP contribution >= 0.6 is 27.7 Å². The number of halogens is 1. The minimum atomic E-state index is -0.255. The molecule has 0 bridgehead atoms. The number of amides is 1. The summed E-state index contributed by atoms with van der Waals surface area (Å²) in [5.74, 6) is 0.193. The van der Waals surface area contributed by atoms with E-state index in [4.69, 9.17) is 0 Å². The maximum atomic E-state index is 12.1. The van der Waals surface area contributed by atoms with E-state index in [1.165, 1.54) is 0 Å². The Labute approximate surface area is 109 Å². The number of rotatable bonds is 2. The third-order valence-electron chi connectivity index (χ3n) is 2.96. The Morgan fingerprint density at radius 3 is 2.56 bits per heavy atom. The molecular weight excluding hydrogens is 286 g/mol. The highest BCUT2D eigenvalue weighted by atomic mass is 79.9. The molecule has 0 radical (unpaired) electrons. The molecule has 1 heterocycles. The van der Waals surface area contributed by atoms with E-state index in [1.54, 1.807) is 11.8 Å². The van der Waals surface area contributed by atoms with Gasteiger partial charge in [-0.15, -0.1) is 11.8 Å². The van der Waals surface area contributed by atoms with E-state index in [1.807, 2.05) is 49.3 Å². The molecule has 1 amide bonds. The second kappa shape index (κ2) is 4.08. The fourth-order valence-corrected chi connectivity index (χ4v) is 3.65. The highest BCUT2D eigenvalue weighted by Gasteiger charge is 2.54. The van der Waals surface area contributed by atoms with Gasteiger partial charge in [-0.1, -0.05) is 12.1 Å². The topological polar surface area (TPSA) is 20.3 Å². The number of thioether (sulfide) groups is 1. The van der Waals surface area contributed by atoms with Crippen molar-refractivity contribution < 1.29 is 4.79 Å². The van der Waals surface area contributed by atoms with Crippen LogP contribution in [0.15, 0.2) is 28.7 Å². The minimum absolute atomic E-state index is 0.193. The molecule has 1 aromatic rings. The molecule has 1 aliphatic rings. The first-order valence-electron chi connectivity index (χ1n) is 5.11. The molecule has 2 nitrogen and oxygen atoms in total. The largest absolute Gasteiger partial charge is 0.297 e. The maximum Gasteiger partial charge on any atom is 0.236 e. The van der Waals surface area contributed by atoms with Gasteiger partial charge < -0.3 is 0 Å². The van der Waals surface area contributed by atoms with Gasteiger partial charge in [0.15, 0.2) is 0 Å². The van der Waals surface area contributed by atoms with Gasteiger partial charge in [0.2, 0.25) is 5.91 Å². The Bertz CT molecular complexity index is 433. The summed E-state index contributed by atoms with van der Waals surface area (Å²) in [6.45, 7) is 4.01. The number of hydrogen-bond donors (Lipinski definition) is 0. The van der Waals surface area contributed by atoms with Crippen molar-refractivity contribution in [2.75, 3.05) is 11.2 Å². The van der Waals surface area contributed by atoms with E-state index in [0.717, 1.165) is 10.2 Å². The SMILES string of the molecule is CSC1N(c2ccccc2Br)C(=O)C1(C)C. The first kappa shape index (κ1) is 12.0. The van der Waals surface area contributed by atoms with Gasteiger partial charge in [0.1, 0.15) is 0 Å². The molecule has 0 saturated carbocycles. The van der Waals surface area contributed by atoms with Crippen LogP contribution in [0.5, 0.6) is 0 Å². The third-order valence-corrected chi connectivity index (χ3v) is 4.87. The number of benzene rings is 1. The molecule has 0 N–H and O–H groups in total. The highest BCUT2D eigenvalue weighted by Crippen LogP contribution is 2.48. The molecule has 86 valence electrons. The van der Waals surface area contributed by atoms with Crippen molar-refractivity contribution in [3.8, 4) is 0 Å². The molecule has 16 heavy (non-hydrogen) atoms. The van der Waals surface area contributed by atoms with Crippen LogP contribution < -0.4 is 4.90 Å². The molecule has 2 rings (SSSR count). The van der Waals surface area contributed by atoms with E-state index in [2.05, 4.69) is 15.9 Å². The summed E-state index contributed by atoms with van der Waals surface area (Å²) >= 11 is 5.21. The second-order valence-electron chi connectivity index (χ2n) is 4.44. The minimum Gasteiger partial charge on any atom is -0.297 e. The zero-order valence-corrected chi connectivity index (χ0v) is 11.9. The summed E-state index contributed by atoms with van der Waals surface area (Å²) in [7, 11) is 0. The lowest BCUT2D eigenvalue weighted by molar-refractivity contribution is -0.133. The van der Waals surface area contributed by atoms with Crippen molar-refractivity contribution in [3.63, 3.8) is 0 Å². The summed E-state index contributed by atoms with van der Waals surface area (Å²) < 4.78 is 0.970. The molecule has 1 atom stereocenters. The maximum absolute atomic E-state index is 12.1. The lowest BCUT2D eigenvalue weighted by atomic mass is 9.82. The Morgan fingerprint density at radius 1 is 1.38 bits per heavy atom. The second-order valence-corrected chi connectivity index (χ2v) is 6.21. The Kier molecular flexibility index (Phi) is 3.05. The van der Waals surface area contributed by atoms with Gasteiger partial charge >= 0.3 is 0 Å². The predicted octanol–water partition coefficient (Wildman–Crippen LogP) is 3.51. The van der Waals surface area contributed by atoms with Crippen molar-refractivity contribution in [2.45, 2.75) is 19.2 Å². The van der Waals surface area contributed by atoms with Crippen LogP contribution in [0, 0.1) is 5.41 Å². The number of anilines is 1. The van der Waals surface area contributed by atoms with Crippen LogP contribution in [-0.4, -0.2) is 17.5 Å². The van der Waals surface area contributed by atoms with Crippen LogP contribution in [0.4, 0.5) is 5.69 Å². The first-order chi connectivity index (χ1) is 7.50. The van der Waals surface area contributed by atoms with Gasteiger partial charge in [0.25, 0.3) is 0 Å². The van der Waals surface area contributed by atoms with Crippen molar-refractivity contribution in [1.82, 2.24) is 0 Å². The smallest absolute Gasteiger partial charge is 0.236 e. The van der Waals surface area contributed by atoms with Gasteiger partial charge in [0, 0.05) is 4.47 Å². The average molecular weight is 300 g/mol. The molecule has 1 aliphatic heterocycles. The van der Waals surface area contributed by atoms with Crippen LogP contribution in [0.3, 0.4) is 0 Å². The summed E-state index contributed by atoms with van der Waals surface area (Å²) in [4.78, 5) is 14.0. The molecule has 1 unspecified atom stereocenters. The number of hydrogen-bond acceptors (Lipinski definition) is 2. The number of carbonyl (C=O) groups excluding carboxylic acids is 1. The Hall–Kier alpha value is -0.480. The van der Waals surface area contributed by atoms with E-state index < -0.39 is 0 Å². The van der Waals surface area contributed by atoms with Gasteiger partial charge in [-0.3, -0.25) is 9.69 Å². The standard InChI is InChI=1S/C12H14BrNOS/c1-12(2)10(15)14(11(12)16-3)9-7-5-4-6-8(9)13/h4-7,11H,1-3H3. The van der Waals surface area contributed by atoms with E-state index >= 15 is 0 Å². The normalized spacial score (nSPS) is 23.1. The summed E-state index contributed by atoms with van der Waals surface area (Å²) in [6, 6.07) is 7.85. The number of nitrogens with zero attached hydrogens (tertiary/aromatic N) is 1. The lowest BCUT2D eigenvalue weighted by Crippen LogP contribution is -2.65. The van der Waals surface area contributed by atoms with Crippen molar-refractivity contribution in [3.05, 3.63) is 28.7 Å². The van der Waals surface area contributed by atoms with Gasteiger partial charge in [-0.2, -0.15) is 0 Å². The fourth-order valence-electron chi connectivity index (χ4n) is 2.06. The van der Waals surface area contributed by atoms with Gasteiger partial charge in [-0.25, -0.2) is 0 Å². The zero-order valence-electron chi connectivity index (χ0n) is 9.53. The summed E-state index contributed by atoms with van der Waals surface area (Å²) in [6.07, 6.45) is 2.04. The van der Waals surface area contributed by atoms with Crippen molar-refractivity contribution in [2.24, 2.45) is 5.41 Å². The number of β-lactam (4-membered cyclic amide) rings is 1. The van der Waals surface area contributed by atoms with Crippen LogP contribution in [-0.2, 0) is 4.79 Å². The summed E-state index contributed by atoms with van der Waals surface area (Å²) in [5, 5.41) is 0.221. The number of para-hydroxylation sites is 1. The van der Waals surface area contributed by atoms with Crippen LogP contribution in [0.2, 0.25) is 0 Å². The van der Waals surface area contributed by atoms with Crippen molar-refractivity contribution >= 4 is 39.3 Å². The van der Waals surface area contributed by atoms with Crippen LogP contribution in [0.1, 0.15) is 13.8 Å². The van der Waals surface area contributed by atoms with E-state index in [0.29, 0.717) is 0 Å². The number of carbonyl (C=O) groups is 1. The molecular formula is C12H14BrNOS. The van der Waals surface area contributed by atoms with Crippen LogP contribution in [0.25, 0.3) is 0 Å². The quantitative estimate of drug-likeness (QED) is 0.779. The highest BCUT2D eigenvalue weighted by molar-refractivity contribution is 9.10. The zero-order chi connectivity index (χ0) is 11.9. The molecule has 1 saturated heterocycles. The molecule has 0 spiro atoms. The van der Waals surface area contributed by atoms with E-state index in [-0.39, 0.29) is 16.7 Å². The third kappa shape index (κ3) is 1.59. The van der Waals surface area contributed by atoms with E-state index in [9.17, 15) is 4.79 Å². The molecule has 0 aromatic heterocycles. The molecule has 4 heteroatoms. The summed E-state index contributed by atoms with van der Waals surface area (Å²) in [5.41, 5.74) is 0.709. The molecule has 1 aromatic carbocycles. The molecule has 1 fully saturated rings. The van der Waals surface area contributed by atoms with Gasteiger partial charge in [-0.05, 0) is 48.2 Å². The molecule has 0 aliphatic carbocycles. The Balaban J connectivity index is 2.37. The average Bonchev–Trinajstić information content (AvgIpc) is 2.26. The lowest BCUT2D eigenvalue weighted by Gasteiger charge is -2.52. The van der Waals surface area contributed by atoms with Gasteiger partial charge in [0.05, 0.1) is 16.5 Å². The first-order valence-corrected chi connectivity index (χ1v) is 7.19. The van der Waals surface area contributed by atoms with Crippen molar-refractivity contribution in [1.29, 1.82) is 0 Å². The predicted molar refractivity (Wildman–Crippen MR) is 72.7 cm³/mol. The fraction of sp³-hybridized carbons (Fsp3) is 0.417. The monoisotopic (exact) mass is 299 g/mol. The Morgan fingerprint density at radius 2 is 2.00 bits per heavy atom.